The Labute approximate surface area is 143 Å². The maximum atomic E-state index is 5.92. The number of benzene rings is 3. The molecule has 0 atom stereocenters. The van der Waals surface area contributed by atoms with Crippen molar-refractivity contribution in [3.05, 3.63) is 72.3 Å². The van der Waals surface area contributed by atoms with Crippen LogP contribution in [-0.2, 0) is 0 Å². The van der Waals surface area contributed by atoms with Crippen molar-refractivity contribution in [1.29, 1.82) is 0 Å². The summed E-state index contributed by atoms with van der Waals surface area (Å²) in [5, 5.41) is 0. The number of fused-ring (bicyclic) bond motifs is 2. The van der Waals surface area contributed by atoms with Crippen LogP contribution in [0, 0.1) is 6.92 Å². The van der Waals surface area contributed by atoms with Crippen molar-refractivity contribution >= 4 is 22.2 Å². The molecule has 0 radical (unpaired) electrons. The van der Waals surface area contributed by atoms with E-state index in [1.165, 1.54) is 5.56 Å². The highest BCUT2D eigenvalue weighted by atomic mass is 16.4. The van der Waals surface area contributed by atoms with E-state index in [9.17, 15) is 0 Å². The van der Waals surface area contributed by atoms with Crippen LogP contribution >= 0.6 is 0 Å². The zero-order valence-electron chi connectivity index (χ0n) is 13.6. The van der Waals surface area contributed by atoms with Crippen LogP contribution in [0.1, 0.15) is 5.56 Å². The molecule has 0 aliphatic carbocycles. The smallest absolute Gasteiger partial charge is 0.227 e. The predicted molar refractivity (Wildman–Crippen MR) is 97.2 cm³/mol. The molecule has 4 heteroatoms. The Kier molecular flexibility index (Phi) is 2.97. The van der Waals surface area contributed by atoms with Crippen LogP contribution in [0.4, 0.5) is 0 Å². The Balaban J connectivity index is 1.62. The first-order chi connectivity index (χ1) is 12.3. The molecule has 0 spiro atoms. The van der Waals surface area contributed by atoms with E-state index in [-0.39, 0.29) is 0 Å². The van der Waals surface area contributed by atoms with Crippen LogP contribution in [0.5, 0.6) is 0 Å². The highest BCUT2D eigenvalue weighted by Crippen LogP contribution is 2.30. The predicted octanol–water partition coefficient (Wildman–Crippen LogP) is 5.61. The van der Waals surface area contributed by atoms with Gasteiger partial charge in [-0.15, -0.1) is 0 Å². The van der Waals surface area contributed by atoms with Gasteiger partial charge in [-0.05, 0) is 31.2 Å². The minimum absolute atomic E-state index is 0.599. The van der Waals surface area contributed by atoms with Crippen molar-refractivity contribution < 1.29 is 8.83 Å². The molecule has 0 amide bonds. The third-order valence-corrected chi connectivity index (χ3v) is 4.22. The summed E-state index contributed by atoms with van der Waals surface area (Å²) in [4.78, 5) is 9.16. The lowest BCUT2D eigenvalue weighted by Crippen LogP contribution is -1.77. The van der Waals surface area contributed by atoms with Crippen LogP contribution in [0.3, 0.4) is 0 Å². The molecule has 0 saturated carbocycles. The summed E-state index contributed by atoms with van der Waals surface area (Å²) in [6.45, 7) is 2.06. The summed E-state index contributed by atoms with van der Waals surface area (Å²) in [6.07, 6.45) is 0. The highest BCUT2D eigenvalue weighted by molar-refractivity contribution is 5.91. The normalized spacial score (nSPS) is 11.4. The lowest BCUT2D eigenvalue weighted by Gasteiger charge is -1.95. The van der Waals surface area contributed by atoms with Crippen molar-refractivity contribution in [3.8, 4) is 22.9 Å². The zero-order valence-corrected chi connectivity index (χ0v) is 13.6. The van der Waals surface area contributed by atoms with Crippen LogP contribution in [-0.4, -0.2) is 9.97 Å². The van der Waals surface area contributed by atoms with Gasteiger partial charge in [-0.25, -0.2) is 9.97 Å². The topological polar surface area (TPSA) is 52.1 Å². The molecule has 0 N–H and O–H groups in total. The summed E-state index contributed by atoms with van der Waals surface area (Å²) >= 11 is 0. The van der Waals surface area contributed by atoms with E-state index in [0.29, 0.717) is 22.9 Å². The van der Waals surface area contributed by atoms with Gasteiger partial charge in [0.15, 0.2) is 11.2 Å². The summed E-state index contributed by atoms with van der Waals surface area (Å²) < 4.78 is 11.8. The molecule has 0 saturated heterocycles. The number of nitrogens with zero attached hydrogens (tertiary/aromatic N) is 2. The first kappa shape index (κ1) is 14.0. The van der Waals surface area contributed by atoms with Crippen molar-refractivity contribution in [2.24, 2.45) is 0 Å². The third-order valence-electron chi connectivity index (χ3n) is 4.22. The van der Waals surface area contributed by atoms with E-state index in [1.807, 2.05) is 66.7 Å². The van der Waals surface area contributed by atoms with Gasteiger partial charge in [0.2, 0.25) is 11.8 Å². The van der Waals surface area contributed by atoms with Crippen molar-refractivity contribution in [2.75, 3.05) is 0 Å². The third kappa shape index (κ3) is 2.39. The molecule has 5 rings (SSSR count). The SMILES string of the molecule is Cc1ccc(-c2nc3cc4oc(-c5ccccc5)nc4cc3o2)cc1. The first-order valence-corrected chi connectivity index (χ1v) is 8.10. The van der Waals surface area contributed by atoms with Gasteiger partial charge in [0, 0.05) is 23.3 Å². The van der Waals surface area contributed by atoms with E-state index in [1.54, 1.807) is 0 Å². The molecule has 2 heterocycles. The molecule has 0 aliphatic heterocycles. The maximum Gasteiger partial charge on any atom is 0.227 e. The van der Waals surface area contributed by atoms with Gasteiger partial charge >= 0.3 is 0 Å². The molecule has 0 aliphatic rings. The molecule has 0 unspecified atom stereocenters. The largest absolute Gasteiger partial charge is 0.436 e. The molecule has 3 aromatic carbocycles. The van der Waals surface area contributed by atoms with Gasteiger partial charge in [0.1, 0.15) is 11.0 Å². The Morgan fingerprint density at radius 2 is 1.16 bits per heavy atom. The number of hydrogen-bond acceptors (Lipinski definition) is 4. The van der Waals surface area contributed by atoms with Gasteiger partial charge in [-0.2, -0.15) is 0 Å². The first-order valence-electron chi connectivity index (χ1n) is 8.10. The van der Waals surface area contributed by atoms with E-state index >= 15 is 0 Å². The lowest BCUT2D eigenvalue weighted by molar-refractivity contribution is 0.618. The number of rotatable bonds is 2. The van der Waals surface area contributed by atoms with E-state index in [4.69, 9.17) is 8.83 Å². The van der Waals surface area contributed by atoms with Crippen LogP contribution in [0.25, 0.3) is 45.1 Å². The summed E-state index contributed by atoms with van der Waals surface area (Å²) in [5.74, 6) is 1.20. The molecule has 120 valence electrons. The standard InChI is InChI=1S/C21H14N2O2/c1-13-7-9-15(10-8-13)21-23-17-12-18-16(11-19(17)25-21)22-20(24-18)14-5-3-2-4-6-14/h2-12H,1H3. The second-order valence-corrected chi connectivity index (χ2v) is 6.06. The lowest BCUT2D eigenvalue weighted by atomic mass is 10.1. The molecule has 0 fully saturated rings. The minimum Gasteiger partial charge on any atom is -0.436 e. The fourth-order valence-corrected chi connectivity index (χ4v) is 2.87. The van der Waals surface area contributed by atoms with Crippen molar-refractivity contribution in [2.45, 2.75) is 6.92 Å². The maximum absolute atomic E-state index is 5.92. The monoisotopic (exact) mass is 326 g/mol. The highest BCUT2D eigenvalue weighted by Gasteiger charge is 2.13. The van der Waals surface area contributed by atoms with Crippen molar-refractivity contribution in [3.63, 3.8) is 0 Å². The van der Waals surface area contributed by atoms with Crippen LogP contribution < -0.4 is 0 Å². The van der Waals surface area contributed by atoms with Crippen LogP contribution in [0.15, 0.2) is 75.6 Å². The second-order valence-electron chi connectivity index (χ2n) is 6.06. The Bertz CT molecular complexity index is 1130. The molecule has 0 bridgehead atoms. The fraction of sp³-hybridized carbons (Fsp3) is 0.0476. The Morgan fingerprint density at radius 1 is 0.640 bits per heavy atom. The number of aryl methyl sites for hydroxylation is 1. The molecule has 2 aromatic heterocycles. The Morgan fingerprint density at radius 3 is 1.72 bits per heavy atom. The van der Waals surface area contributed by atoms with E-state index < -0.39 is 0 Å². The number of aromatic nitrogens is 2. The Hall–Kier alpha value is -3.40. The van der Waals surface area contributed by atoms with Gasteiger partial charge in [-0.1, -0.05) is 35.9 Å². The molecule has 25 heavy (non-hydrogen) atoms. The summed E-state index contributed by atoms with van der Waals surface area (Å²) in [7, 11) is 0. The second kappa shape index (κ2) is 5.31. The molecular weight excluding hydrogens is 312 g/mol. The fourth-order valence-electron chi connectivity index (χ4n) is 2.87. The average molecular weight is 326 g/mol. The van der Waals surface area contributed by atoms with Gasteiger partial charge in [-0.3, -0.25) is 0 Å². The zero-order chi connectivity index (χ0) is 16.8. The van der Waals surface area contributed by atoms with Gasteiger partial charge in [0.25, 0.3) is 0 Å². The number of oxazole rings is 2. The molecular formula is C21H14N2O2. The minimum atomic E-state index is 0.599. The van der Waals surface area contributed by atoms with Crippen LogP contribution in [0.2, 0.25) is 0 Å². The summed E-state index contributed by atoms with van der Waals surface area (Å²) in [5.41, 5.74) is 6.04. The van der Waals surface area contributed by atoms with Gasteiger partial charge < -0.3 is 8.83 Å². The quantitative estimate of drug-likeness (QED) is 0.423. The van der Waals surface area contributed by atoms with E-state index in [0.717, 1.165) is 22.2 Å². The number of hydrogen-bond donors (Lipinski definition) is 0. The molecule has 5 aromatic rings. The summed E-state index contributed by atoms with van der Waals surface area (Å²) in [6, 6.07) is 21.7. The molecule has 4 nitrogen and oxygen atoms in total. The van der Waals surface area contributed by atoms with Gasteiger partial charge in [0.05, 0.1) is 0 Å². The average Bonchev–Trinajstić information content (AvgIpc) is 3.24. The van der Waals surface area contributed by atoms with Crippen molar-refractivity contribution in [1.82, 2.24) is 9.97 Å². The van der Waals surface area contributed by atoms with E-state index in [2.05, 4.69) is 16.9 Å².